The lowest BCUT2D eigenvalue weighted by atomic mass is 9.97. The number of nitrogens with one attached hydrogen (secondary N) is 1. The Bertz CT molecular complexity index is 988. The molecule has 0 saturated carbocycles. The van der Waals surface area contributed by atoms with Crippen LogP contribution in [0.3, 0.4) is 0 Å². The molecule has 0 unspecified atom stereocenters. The quantitative estimate of drug-likeness (QED) is 0.797. The predicted molar refractivity (Wildman–Crippen MR) is 104 cm³/mol. The van der Waals surface area contributed by atoms with Crippen LogP contribution < -0.4 is 14.8 Å². The fourth-order valence-corrected chi connectivity index (χ4v) is 3.61. The number of likely N-dealkylation sites (tertiary alicyclic amines) is 1. The molecule has 1 saturated heterocycles. The summed E-state index contributed by atoms with van der Waals surface area (Å²) in [6, 6.07) is 6.67. The zero-order valence-electron chi connectivity index (χ0n) is 16.4. The molecule has 2 aliphatic rings. The van der Waals surface area contributed by atoms with Gasteiger partial charge >= 0.3 is 6.18 Å². The Morgan fingerprint density at radius 1 is 1.26 bits per heavy atom. The van der Waals surface area contributed by atoms with Crippen LogP contribution in [0.1, 0.15) is 28.8 Å². The summed E-state index contributed by atoms with van der Waals surface area (Å²) in [6.45, 7) is 0.941. The van der Waals surface area contributed by atoms with Gasteiger partial charge in [-0.05, 0) is 37.0 Å². The minimum absolute atomic E-state index is 0.0414. The van der Waals surface area contributed by atoms with Gasteiger partial charge < -0.3 is 19.7 Å². The highest BCUT2D eigenvalue weighted by Gasteiger charge is 2.34. The van der Waals surface area contributed by atoms with Gasteiger partial charge in [-0.15, -0.1) is 0 Å². The van der Waals surface area contributed by atoms with Gasteiger partial charge in [-0.1, -0.05) is 12.1 Å². The molecule has 1 fully saturated rings. The van der Waals surface area contributed by atoms with Crippen molar-refractivity contribution in [2.45, 2.75) is 19.0 Å². The molecule has 164 valence electrons. The summed E-state index contributed by atoms with van der Waals surface area (Å²) in [5, 5.41) is 2.62. The van der Waals surface area contributed by atoms with Gasteiger partial charge in [0.2, 0.25) is 5.88 Å². The van der Waals surface area contributed by atoms with Gasteiger partial charge in [-0.3, -0.25) is 9.59 Å². The number of carbonyl (C=O) groups is 2. The molecule has 0 spiro atoms. The number of halogens is 3. The Morgan fingerprint density at radius 2 is 2.00 bits per heavy atom. The van der Waals surface area contributed by atoms with Crippen molar-refractivity contribution in [3.8, 4) is 11.6 Å². The molecule has 10 heteroatoms. The number of rotatable bonds is 4. The first-order chi connectivity index (χ1) is 14.8. The number of nitrogens with zero attached hydrogens (tertiary/aromatic N) is 2. The van der Waals surface area contributed by atoms with Crippen LogP contribution >= 0.6 is 0 Å². The van der Waals surface area contributed by atoms with E-state index < -0.39 is 11.7 Å². The first-order valence-electron chi connectivity index (χ1n) is 9.82. The third-order valence-corrected chi connectivity index (χ3v) is 5.28. The summed E-state index contributed by atoms with van der Waals surface area (Å²) in [5.74, 6) is -0.410. The number of ether oxygens (including phenoxy) is 2. The number of hydrogen-bond donors (Lipinski definition) is 1. The zero-order valence-corrected chi connectivity index (χ0v) is 16.4. The Kier molecular flexibility index (Phi) is 5.71. The van der Waals surface area contributed by atoms with Gasteiger partial charge in [-0.2, -0.15) is 13.2 Å². The molecule has 31 heavy (non-hydrogen) atoms. The number of pyridine rings is 1. The summed E-state index contributed by atoms with van der Waals surface area (Å²) in [6.07, 6.45) is -1.85. The molecule has 4 rings (SSSR count). The lowest BCUT2D eigenvalue weighted by Gasteiger charge is -2.32. The van der Waals surface area contributed by atoms with Crippen LogP contribution in [0.2, 0.25) is 0 Å². The number of fused-ring (bicyclic) bond motifs is 1. The number of anilines is 1. The highest BCUT2D eigenvalue weighted by Crippen LogP contribution is 2.36. The maximum Gasteiger partial charge on any atom is 0.419 e. The van der Waals surface area contributed by atoms with Gasteiger partial charge in [0.15, 0.2) is 6.61 Å². The van der Waals surface area contributed by atoms with Crippen LogP contribution in [0.4, 0.5) is 18.9 Å². The third kappa shape index (κ3) is 4.73. The van der Waals surface area contributed by atoms with Crippen LogP contribution in [-0.2, 0) is 11.0 Å². The highest BCUT2D eigenvalue weighted by atomic mass is 19.4. The summed E-state index contributed by atoms with van der Waals surface area (Å²) >= 11 is 0. The van der Waals surface area contributed by atoms with E-state index in [4.69, 9.17) is 9.47 Å². The highest BCUT2D eigenvalue weighted by molar-refractivity contribution is 5.99. The Hall–Kier alpha value is -3.30. The van der Waals surface area contributed by atoms with E-state index in [2.05, 4.69) is 10.3 Å². The number of piperidine rings is 1. The largest absolute Gasteiger partial charge is 0.493 e. The molecule has 3 heterocycles. The number of benzene rings is 1. The lowest BCUT2D eigenvalue weighted by Crippen LogP contribution is -2.40. The fourth-order valence-electron chi connectivity index (χ4n) is 3.61. The van der Waals surface area contributed by atoms with Crippen molar-refractivity contribution in [3.05, 3.63) is 47.7 Å². The van der Waals surface area contributed by atoms with Gasteiger partial charge in [0, 0.05) is 19.3 Å². The molecule has 0 atom stereocenters. The summed E-state index contributed by atoms with van der Waals surface area (Å²) < 4.78 is 49.9. The predicted octanol–water partition coefficient (Wildman–Crippen LogP) is 3.36. The molecule has 1 aromatic carbocycles. The van der Waals surface area contributed by atoms with Crippen molar-refractivity contribution in [2.75, 3.05) is 31.6 Å². The maximum atomic E-state index is 13.1. The van der Waals surface area contributed by atoms with Crippen LogP contribution in [0.15, 0.2) is 36.5 Å². The number of amides is 2. The number of hydrogen-bond acceptors (Lipinski definition) is 5. The number of para-hydroxylation sites is 1. The monoisotopic (exact) mass is 435 g/mol. The topological polar surface area (TPSA) is 80.8 Å². The molecule has 7 nitrogen and oxygen atoms in total. The van der Waals surface area contributed by atoms with E-state index in [1.165, 1.54) is 30.5 Å². The molecule has 1 aromatic heterocycles. The second-order valence-electron chi connectivity index (χ2n) is 7.45. The standard InChI is InChI=1S/C21H20F3N3O4/c22-21(23,24)15-3-1-2-4-17(15)30-11-13-5-7-27(8-6-13)20(29)14-9-16-19(25-10-14)31-12-18(28)26-16/h1-4,9-10,13H,5-8,11-12H2,(H,26,28). The Labute approximate surface area is 176 Å². The first kappa shape index (κ1) is 21.0. The molecular weight excluding hydrogens is 415 g/mol. The fraction of sp³-hybridized carbons (Fsp3) is 0.381. The normalized spacial score (nSPS) is 16.9. The molecular formula is C21H20F3N3O4. The molecule has 0 radical (unpaired) electrons. The van der Waals surface area contributed by atoms with E-state index in [0.29, 0.717) is 37.2 Å². The molecule has 0 aliphatic carbocycles. The molecule has 0 bridgehead atoms. The van der Waals surface area contributed by atoms with Gasteiger partial charge in [0.1, 0.15) is 11.4 Å². The van der Waals surface area contributed by atoms with Gasteiger partial charge in [0.05, 0.1) is 17.7 Å². The molecule has 2 aliphatic heterocycles. The van der Waals surface area contributed by atoms with Crippen molar-refractivity contribution < 1.29 is 32.2 Å². The van der Waals surface area contributed by atoms with Crippen molar-refractivity contribution in [1.82, 2.24) is 9.88 Å². The average molecular weight is 435 g/mol. The first-order valence-corrected chi connectivity index (χ1v) is 9.82. The maximum absolute atomic E-state index is 13.1. The van der Waals surface area contributed by atoms with Crippen molar-refractivity contribution in [1.29, 1.82) is 0 Å². The second-order valence-corrected chi connectivity index (χ2v) is 7.45. The molecule has 1 N–H and O–H groups in total. The SMILES string of the molecule is O=C1COc2ncc(C(=O)N3CCC(COc4ccccc4C(F)(F)F)CC3)cc2N1. The second kappa shape index (κ2) is 8.44. The van der Waals surface area contributed by atoms with E-state index in [1.807, 2.05) is 0 Å². The minimum atomic E-state index is -4.47. The zero-order chi connectivity index (χ0) is 22.0. The summed E-state index contributed by atoms with van der Waals surface area (Å²) in [5.41, 5.74) is -0.106. The van der Waals surface area contributed by atoms with Gasteiger partial charge in [0.25, 0.3) is 11.8 Å². The van der Waals surface area contributed by atoms with E-state index in [9.17, 15) is 22.8 Å². The Balaban J connectivity index is 1.33. The van der Waals surface area contributed by atoms with Crippen molar-refractivity contribution in [3.63, 3.8) is 0 Å². The van der Waals surface area contributed by atoms with E-state index in [-0.39, 0.29) is 42.6 Å². The number of carbonyl (C=O) groups excluding carboxylic acids is 2. The Morgan fingerprint density at radius 3 is 2.74 bits per heavy atom. The van der Waals surface area contributed by atoms with Crippen LogP contribution in [0.25, 0.3) is 0 Å². The van der Waals surface area contributed by atoms with Crippen LogP contribution in [0, 0.1) is 5.92 Å². The van der Waals surface area contributed by atoms with E-state index >= 15 is 0 Å². The number of aromatic nitrogens is 1. The van der Waals surface area contributed by atoms with Crippen molar-refractivity contribution >= 4 is 17.5 Å². The third-order valence-electron chi connectivity index (χ3n) is 5.28. The molecule has 2 aromatic rings. The molecule has 2 amide bonds. The van der Waals surface area contributed by atoms with E-state index in [1.54, 1.807) is 4.90 Å². The van der Waals surface area contributed by atoms with Crippen LogP contribution in [0.5, 0.6) is 11.6 Å². The van der Waals surface area contributed by atoms with Gasteiger partial charge in [-0.25, -0.2) is 4.98 Å². The lowest BCUT2D eigenvalue weighted by molar-refractivity contribution is -0.139. The smallest absolute Gasteiger partial charge is 0.419 e. The average Bonchev–Trinajstić information content (AvgIpc) is 2.76. The van der Waals surface area contributed by atoms with E-state index in [0.717, 1.165) is 6.07 Å². The number of alkyl halides is 3. The van der Waals surface area contributed by atoms with Crippen LogP contribution in [-0.4, -0.2) is 48.0 Å². The van der Waals surface area contributed by atoms with Crippen molar-refractivity contribution in [2.24, 2.45) is 5.92 Å². The summed E-state index contributed by atoms with van der Waals surface area (Å²) in [4.78, 5) is 30.0. The minimum Gasteiger partial charge on any atom is -0.493 e. The summed E-state index contributed by atoms with van der Waals surface area (Å²) in [7, 11) is 0.